The molecule has 1 aliphatic heterocycles. The number of rotatable bonds is 2. The van der Waals surface area contributed by atoms with Crippen LogP contribution in [0.5, 0.6) is 0 Å². The van der Waals surface area contributed by atoms with Gasteiger partial charge >= 0.3 is 0 Å². The second-order valence-electron chi connectivity index (χ2n) is 4.80. The summed E-state index contributed by atoms with van der Waals surface area (Å²) in [7, 11) is 0. The molecule has 1 N–H and O–H groups in total. The number of likely N-dealkylation sites (tertiary alicyclic amines) is 1. The molecule has 90 valence electrons. The highest BCUT2D eigenvalue weighted by Gasteiger charge is 2.56. The summed E-state index contributed by atoms with van der Waals surface area (Å²) in [6.45, 7) is 0.597. The topological polar surface area (TPSA) is 40.5 Å². The highest BCUT2D eigenvalue weighted by molar-refractivity contribution is 9.09. The Labute approximate surface area is 109 Å². The van der Waals surface area contributed by atoms with Crippen LogP contribution < -0.4 is 0 Å². The Morgan fingerprint density at radius 1 is 1.35 bits per heavy atom. The lowest BCUT2D eigenvalue weighted by Gasteiger charge is -2.30. The van der Waals surface area contributed by atoms with E-state index < -0.39 is 0 Å². The summed E-state index contributed by atoms with van der Waals surface area (Å²) in [6.07, 6.45) is 0.218. The van der Waals surface area contributed by atoms with Crippen molar-refractivity contribution in [3.8, 4) is 0 Å². The van der Waals surface area contributed by atoms with E-state index in [9.17, 15) is 9.90 Å². The van der Waals surface area contributed by atoms with Crippen LogP contribution in [0.4, 0.5) is 0 Å². The van der Waals surface area contributed by atoms with Crippen LogP contribution in [0.25, 0.3) is 0 Å². The Morgan fingerprint density at radius 3 is 2.71 bits per heavy atom. The van der Waals surface area contributed by atoms with Crippen molar-refractivity contribution in [2.75, 3.05) is 0 Å². The molecule has 1 saturated heterocycles. The second kappa shape index (κ2) is 4.10. The first-order chi connectivity index (χ1) is 8.18. The van der Waals surface area contributed by atoms with Gasteiger partial charge in [0, 0.05) is 11.4 Å². The van der Waals surface area contributed by atoms with Crippen LogP contribution in [0, 0.1) is 5.92 Å². The van der Waals surface area contributed by atoms with Crippen LogP contribution in [-0.4, -0.2) is 32.9 Å². The van der Waals surface area contributed by atoms with Crippen LogP contribution >= 0.6 is 15.9 Å². The summed E-state index contributed by atoms with van der Waals surface area (Å²) < 4.78 is 0. The lowest BCUT2D eigenvalue weighted by atomic mass is 10.1. The molecule has 4 atom stereocenters. The van der Waals surface area contributed by atoms with Gasteiger partial charge in [-0.05, 0) is 12.0 Å². The number of carbonyl (C=O) groups is 1. The first-order valence-corrected chi connectivity index (χ1v) is 6.76. The SMILES string of the molecule is O=C1[C@H]2C[C@H](O)[C@H]([C@@H]2Br)N1Cc1ccccc1. The van der Waals surface area contributed by atoms with Crippen molar-refractivity contribution in [3.05, 3.63) is 35.9 Å². The molecular weight excluding hydrogens is 282 g/mol. The maximum absolute atomic E-state index is 12.1. The van der Waals surface area contributed by atoms with Crippen molar-refractivity contribution in [2.24, 2.45) is 5.92 Å². The Morgan fingerprint density at radius 2 is 2.06 bits per heavy atom. The molecule has 2 aliphatic rings. The monoisotopic (exact) mass is 295 g/mol. The van der Waals surface area contributed by atoms with Crippen LogP contribution in [0.3, 0.4) is 0 Å². The normalized spacial score (nSPS) is 35.6. The molecule has 0 unspecified atom stereocenters. The number of amides is 1. The molecule has 3 rings (SSSR count). The van der Waals surface area contributed by atoms with E-state index in [1.807, 2.05) is 35.2 Å². The molecule has 4 heteroatoms. The number of alkyl halides is 1. The van der Waals surface area contributed by atoms with Crippen LogP contribution in [-0.2, 0) is 11.3 Å². The van der Waals surface area contributed by atoms with Crippen molar-refractivity contribution in [3.63, 3.8) is 0 Å². The van der Waals surface area contributed by atoms with Gasteiger partial charge < -0.3 is 10.0 Å². The Kier molecular flexibility index (Phi) is 2.71. The molecule has 1 heterocycles. The smallest absolute Gasteiger partial charge is 0.227 e. The predicted octanol–water partition coefficient (Wildman–Crippen LogP) is 1.54. The number of fused-ring (bicyclic) bond motifs is 2. The first kappa shape index (κ1) is 11.2. The molecule has 2 fully saturated rings. The zero-order valence-electron chi connectivity index (χ0n) is 9.29. The number of hydrogen-bond donors (Lipinski definition) is 1. The van der Waals surface area contributed by atoms with Crippen LogP contribution in [0.1, 0.15) is 12.0 Å². The van der Waals surface area contributed by atoms with Crippen molar-refractivity contribution in [2.45, 2.75) is 29.9 Å². The van der Waals surface area contributed by atoms with Gasteiger partial charge in [-0.3, -0.25) is 4.79 Å². The van der Waals surface area contributed by atoms with E-state index in [-0.39, 0.29) is 28.8 Å². The van der Waals surface area contributed by atoms with Crippen LogP contribution in [0.2, 0.25) is 0 Å². The van der Waals surface area contributed by atoms with Gasteiger partial charge in [-0.1, -0.05) is 46.3 Å². The number of aliphatic hydroxyl groups is 1. The van der Waals surface area contributed by atoms with Gasteiger partial charge in [-0.15, -0.1) is 0 Å². The second-order valence-corrected chi connectivity index (χ2v) is 5.85. The summed E-state index contributed by atoms with van der Waals surface area (Å²) >= 11 is 3.54. The minimum Gasteiger partial charge on any atom is -0.391 e. The van der Waals surface area contributed by atoms with Crippen molar-refractivity contribution in [1.82, 2.24) is 4.90 Å². The third-order valence-electron chi connectivity index (χ3n) is 3.76. The summed E-state index contributed by atoms with van der Waals surface area (Å²) in [5.41, 5.74) is 1.11. The number of benzene rings is 1. The highest BCUT2D eigenvalue weighted by atomic mass is 79.9. The molecule has 0 spiro atoms. The molecule has 2 bridgehead atoms. The summed E-state index contributed by atoms with van der Waals surface area (Å²) in [5.74, 6) is 0.129. The summed E-state index contributed by atoms with van der Waals surface area (Å²) in [5, 5.41) is 9.93. The maximum atomic E-state index is 12.1. The number of piperidine rings is 1. The van der Waals surface area contributed by atoms with Gasteiger partial charge in [-0.25, -0.2) is 0 Å². The molecule has 1 aromatic carbocycles. The van der Waals surface area contributed by atoms with E-state index >= 15 is 0 Å². The minimum atomic E-state index is -0.384. The van der Waals surface area contributed by atoms with E-state index in [2.05, 4.69) is 15.9 Å². The average Bonchev–Trinajstić information content (AvgIpc) is 2.73. The first-order valence-electron chi connectivity index (χ1n) is 5.85. The molecule has 0 aromatic heterocycles. The standard InChI is InChI=1S/C13H14BrNO2/c14-11-9-6-10(16)12(11)15(13(9)17)7-8-4-2-1-3-5-8/h1-5,9-12,16H,6-7H2/t9-,10-,11+,12+/m0/s1. The minimum absolute atomic E-state index is 0.0429. The Hall–Kier alpha value is -0.870. The Balaban J connectivity index is 1.83. The molecule has 1 aromatic rings. The van der Waals surface area contributed by atoms with Crippen molar-refractivity contribution < 1.29 is 9.90 Å². The van der Waals surface area contributed by atoms with E-state index in [4.69, 9.17) is 0 Å². The van der Waals surface area contributed by atoms with Crippen molar-refractivity contribution in [1.29, 1.82) is 0 Å². The third kappa shape index (κ3) is 1.70. The third-order valence-corrected chi connectivity index (χ3v) is 4.94. The number of carbonyl (C=O) groups excluding carboxylic acids is 1. The summed E-state index contributed by atoms with van der Waals surface area (Å²) in [6, 6.07) is 9.85. The quantitative estimate of drug-likeness (QED) is 0.841. The van der Waals surface area contributed by atoms with E-state index in [0.29, 0.717) is 13.0 Å². The van der Waals surface area contributed by atoms with Crippen LogP contribution in [0.15, 0.2) is 30.3 Å². The largest absolute Gasteiger partial charge is 0.391 e. The number of hydrogen-bond acceptors (Lipinski definition) is 2. The van der Waals surface area contributed by atoms with Gasteiger partial charge in [0.05, 0.1) is 18.1 Å². The molecule has 0 radical (unpaired) electrons. The van der Waals surface area contributed by atoms with Gasteiger partial charge in [0.1, 0.15) is 0 Å². The number of halogens is 1. The molecular formula is C13H14BrNO2. The highest BCUT2D eigenvalue weighted by Crippen LogP contribution is 2.43. The van der Waals surface area contributed by atoms with E-state index in [1.54, 1.807) is 0 Å². The fourth-order valence-corrected chi connectivity index (χ4v) is 4.00. The maximum Gasteiger partial charge on any atom is 0.227 e. The zero-order valence-corrected chi connectivity index (χ0v) is 10.9. The molecule has 3 nitrogen and oxygen atoms in total. The average molecular weight is 296 g/mol. The van der Waals surface area contributed by atoms with Gasteiger partial charge in [0.2, 0.25) is 5.91 Å². The fourth-order valence-electron chi connectivity index (χ4n) is 2.92. The van der Waals surface area contributed by atoms with E-state index in [1.165, 1.54) is 0 Å². The molecule has 1 saturated carbocycles. The fraction of sp³-hybridized carbons (Fsp3) is 0.462. The number of aliphatic hydroxyl groups excluding tert-OH is 1. The predicted molar refractivity (Wildman–Crippen MR) is 67.6 cm³/mol. The van der Waals surface area contributed by atoms with Gasteiger partial charge in [-0.2, -0.15) is 0 Å². The zero-order chi connectivity index (χ0) is 12.0. The molecule has 1 amide bonds. The lowest BCUT2D eigenvalue weighted by Crippen LogP contribution is -2.44. The molecule has 17 heavy (non-hydrogen) atoms. The summed E-state index contributed by atoms with van der Waals surface area (Å²) in [4.78, 5) is 14.0. The van der Waals surface area contributed by atoms with E-state index in [0.717, 1.165) is 5.56 Å². The van der Waals surface area contributed by atoms with Gasteiger partial charge in [0.15, 0.2) is 0 Å². The van der Waals surface area contributed by atoms with Crippen molar-refractivity contribution >= 4 is 21.8 Å². The molecule has 1 aliphatic carbocycles. The van der Waals surface area contributed by atoms with Gasteiger partial charge in [0.25, 0.3) is 0 Å². The number of nitrogens with zero attached hydrogens (tertiary/aromatic N) is 1. The lowest BCUT2D eigenvalue weighted by molar-refractivity contribution is -0.138. The Bertz CT molecular complexity index is 436.